The Hall–Kier alpha value is -2.93. The number of rotatable bonds is 8. The molecule has 0 spiro atoms. The van der Waals surface area contributed by atoms with Crippen LogP contribution in [0.1, 0.15) is 71.6 Å². The minimum absolute atomic E-state index is 0.443. The van der Waals surface area contributed by atoms with Crippen LogP contribution in [-0.4, -0.2) is 17.0 Å². The van der Waals surface area contributed by atoms with E-state index < -0.39 is 0 Å². The maximum atomic E-state index is 9.76. The minimum Gasteiger partial charge on any atom is -0.373 e. The first kappa shape index (κ1) is 22.4. The van der Waals surface area contributed by atoms with E-state index in [-0.39, 0.29) is 0 Å². The normalized spacial score (nSPS) is 13.3. The summed E-state index contributed by atoms with van der Waals surface area (Å²) in [4.78, 5) is 9.01. The lowest BCUT2D eigenvalue weighted by atomic mass is 9.92. The van der Waals surface area contributed by atoms with Gasteiger partial charge in [-0.2, -0.15) is 5.26 Å². The zero-order valence-electron chi connectivity index (χ0n) is 18.6. The van der Waals surface area contributed by atoms with Crippen molar-refractivity contribution in [2.24, 2.45) is 0 Å². The topological polar surface area (TPSA) is 61.6 Å². The lowest BCUT2D eigenvalue weighted by Crippen LogP contribution is -1.99. The molecule has 0 amide bonds. The second kappa shape index (κ2) is 10.6. The third-order valence-electron chi connectivity index (χ3n) is 5.33. The summed E-state index contributed by atoms with van der Waals surface area (Å²) in [6, 6.07) is 6.18. The minimum atomic E-state index is 0.443. The molecule has 0 aromatic carbocycles. The van der Waals surface area contributed by atoms with E-state index in [0.29, 0.717) is 5.69 Å². The van der Waals surface area contributed by atoms with Crippen LogP contribution in [0.3, 0.4) is 0 Å². The largest absolute Gasteiger partial charge is 0.373 e. The van der Waals surface area contributed by atoms with Crippen LogP contribution in [0.15, 0.2) is 47.2 Å². The standard InChI is InChI=1S/C25H32N4/c1-7-10-11-19(17(4)8-2)12-18(5)21(9-3)22-13-20-16-28-25(27-6)14-23(20)29-24(22)15-26/h9,12-14,16H,7-8,10-11H2,1-6H3,(H,27,28)/b18-12-,19-17+,21-9+. The molecular formula is C25H32N4. The molecule has 0 aliphatic carbocycles. The van der Waals surface area contributed by atoms with Gasteiger partial charge in [0.1, 0.15) is 17.6 Å². The highest BCUT2D eigenvalue weighted by Gasteiger charge is 2.13. The Morgan fingerprint density at radius 3 is 2.59 bits per heavy atom. The predicted octanol–water partition coefficient (Wildman–Crippen LogP) is 6.81. The molecule has 0 saturated heterocycles. The van der Waals surface area contributed by atoms with E-state index in [0.717, 1.165) is 46.3 Å². The van der Waals surface area contributed by atoms with Gasteiger partial charge in [-0.1, -0.05) is 38.0 Å². The van der Waals surface area contributed by atoms with Gasteiger partial charge in [-0.05, 0) is 62.8 Å². The fourth-order valence-corrected chi connectivity index (χ4v) is 3.43. The Bertz CT molecular complexity index is 1000. The molecule has 4 heteroatoms. The van der Waals surface area contributed by atoms with E-state index in [1.807, 2.05) is 26.1 Å². The first-order valence-electron chi connectivity index (χ1n) is 10.4. The molecule has 0 aliphatic heterocycles. The summed E-state index contributed by atoms with van der Waals surface area (Å²) in [6.45, 7) is 10.8. The van der Waals surface area contributed by atoms with Crippen LogP contribution in [0.2, 0.25) is 0 Å². The molecule has 152 valence electrons. The summed E-state index contributed by atoms with van der Waals surface area (Å²) in [5.41, 5.74) is 7.10. The smallest absolute Gasteiger partial charge is 0.149 e. The molecule has 0 unspecified atom stereocenters. The van der Waals surface area contributed by atoms with E-state index in [9.17, 15) is 5.26 Å². The molecule has 2 rings (SSSR count). The molecule has 29 heavy (non-hydrogen) atoms. The van der Waals surface area contributed by atoms with Crippen LogP contribution in [0, 0.1) is 11.3 Å². The van der Waals surface area contributed by atoms with Gasteiger partial charge in [0.15, 0.2) is 0 Å². The summed E-state index contributed by atoms with van der Waals surface area (Å²) >= 11 is 0. The van der Waals surface area contributed by atoms with Crippen LogP contribution in [0.4, 0.5) is 5.82 Å². The number of nitriles is 1. The number of pyridine rings is 2. The first-order valence-corrected chi connectivity index (χ1v) is 10.4. The van der Waals surface area contributed by atoms with Crippen molar-refractivity contribution in [1.82, 2.24) is 9.97 Å². The third-order valence-corrected chi connectivity index (χ3v) is 5.33. The van der Waals surface area contributed by atoms with Crippen LogP contribution >= 0.6 is 0 Å². The monoisotopic (exact) mass is 388 g/mol. The summed E-state index contributed by atoms with van der Waals surface area (Å²) in [5.74, 6) is 0.740. The predicted molar refractivity (Wildman–Crippen MR) is 124 cm³/mol. The molecule has 1 N–H and O–H groups in total. The number of nitrogens with zero attached hydrogens (tertiary/aromatic N) is 3. The number of hydrogen-bond donors (Lipinski definition) is 1. The fourth-order valence-electron chi connectivity index (χ4n) is 3.43. The summed E-state index contributed by atoms with van der Waals surface area (Å²) in [7, 11) is 1.82. The van der Waals surface area contributed by atoms with Gasteiger partial charge in [0.2, 0.25) is 0 Å². The van der Waals surface area contributed by atoms with E-state index in [1.54, 1.807) is 6.20 Å². The van der Waals surface area contributed by atoms with Crippen molar-refractivity contribution >= 4 is 22.3 Å². The van der Waals surface area contributed by atoms with E-state index in [4.69, 9.17) is 0 Å². The second-order valence-electron chi connectivity index (χ2n) is 7.30. The van der Waals surface area contributed by atoms with Gasteiger partial charge in [0.25, 0.3) is 0 Å². The lowest BCUT2D eigenvalue weighted by Gasteiger charge is -2.14. The van der Waals surface area contributed by atoms with Crippen molar-refractivity contribution in [2.45, 2.75) is 60.3 Å². The Morgan fingerprint density at radius 2 is 2.00 bits per heavy atom. The Balaban J connectivity index is 2.57. The van der Waals surface area contributed by atoms with Crippen LogP contribution < -0.4 is 5.32 Å². The maximum Gasteiger partial charge on any atom is 0.149 e. The molecule has 2 aromatic rings. The van der Waals surface area contributed by atoms with Gasteiger partial charge in [0, 0.05) is 30.3 Å². The number of nitrogens with one attached hydrogen (secondary N) is 1. The molecule has 0 aliphatic rings. The van der Waals surface area contributed by atoms with Crippen LogP contribution in [0.5, 0.6) is 0 Å². The van der Waals surface area contributed by atoms with E-state index in [1.165, 1.54) is 24.0 Å². The van der Waals surface area contributed by atoms with Crippen molar-refractivity contribution in [3.63, 3.8) is 0 Å². The van der Waals surface area contributed by atoms with Gasteiger partial charge in [-0.3, -0.25) is 0 Å². The van der Waals surface area contributed by atoms with Gasteiger partial charge < -0.3 is 5.32 Å². The zero-order chi connectivity index (χ0) is 21.4. The fraction of sp³-hybridized carbons (Fsp3) is 0.400. The van der Waals surface area contributed by atoms with Crippen molar-refractivity contribution in [3.8, 4) is 6.07 Å². The molecule has 2 heterocycles. The molecule has 0 radical (unpaired) electrons. The van der Waals surface area contributed by atoms with Gasteiger partial charge in [0.05, 0.1) is 5.52 Å². The number of allylic oxidation sites excluding steroid dienone is 6. The summed E-state index contributed by atoms with van der Waals surface area (Å²) in [5, 5.41) is 13.7. The Morgan fingerprint density at radius 1 is 1.24 bits per heavy atom. The van der Waals surface area contributed by atoms with E-state index >= 15 is 0 Å². The molecule has 2 aromatic heterocycles. The highest BCUT2D eigenvalue weighted by Crippen LogP contribution is 2.30. The number of aromatic nitrogens is 2. The van der Waals surface area contributed by atoms with Crippen molar-refractivity contribution in [1.29, 1.82) is 5.26 Å². The second-order valence-corrected chi connectivity index (χ2v) is 7.30. The van der Waals surface area contributed by atoms with Crippen LogP contribution in [0.25, 0.3) is 16.5 Å². The number of fused-ring (bicyclic) bond motifs is 1. The van der Waals surface area contributed by atoms with E-state index in [2.05, 4.69) is 61.2 Å². The summed E-state index contributed by atoms with van der Waals surface area (Å²) < 4.78 is 0. The highest BCUT2D eigenvalue weighted by molar-refractivity contribution is 5.89. The van der Waals surface area contributed by atoms with Gasteiger partial charge >= 0.3 is 0 Å². The number of hydrogen-bond acceptors (Lipinski definition) is 4. The molecule has 0 fully saturated rings. The molecule has 0 bridgehead atoms. The Kier molecular flexibility index (Phi) is 8.15. The van der Waals surface area contributed by atoms with Gasteiger partial charge in [-0.15, -0.1) is 0 Å². The lowest BCUT2D eigenvalue weighted by molar-refractivity contribution is 0.787. The SMILES string of the molecule is C\C=C(/C(C)=C\C(CCCC)=C(/C)CC)c1cc2cnc(NC)cc2nc1C#N. The summed E-state index contributed by atoms with van der Waals surface area (Å²) in [6.07, 6.45) is 10.7. The average molecular weight is 389 g/mol. The third kappa shape index (κ3) is 5.32. The number of unbranched alkanes of at least 4 members (excludes halogenated alkanes) is 1. The number of anilines is 1. The quantitative estimate of drug-likeness (QED) is 0.505. The van der Waals surface area contributed by atoms with Crippen molar-refractivity contribution in [3.05, 3.63) is 58.5 Å². The van der Waals surface area contributed by atoms with Crippen molar-refractivity contribution in [2.75, 3.05) is 12.4 Å². The highest BCUT2D eigenvalue weighted by atomic mass is 15.0. The van der Waals surface area contributed by atoms with Gasteiger partial charge in [-0.25, -0.2) is 9.97 Å². The molecular weight excluding hydrogens is 356 g/mol. The molecule has 4 nitrogen and oxygen atoms in total. The van der Waals surface area contributed by atoms with Crippen LogP contribution in [-0.2, 0) is 0 Å². The average Bonchev–Trinajstić information content (AvgIpc) is 2.75. The van der Waals surface area contributed by atoms with Crippen molar-refractivity contribution < 1.29 is 0 Å². The molecule has 0 saturated carbocycles. The Labute approximate surface area is 175 Å². The maximum absolute atomic E-state index is 9.76. The first-order chi connectivity index (χ1) is 14.0. The zero-order valence-corrected chi connectivity index (χ0v) is 18.6. The molecule has 0 atom stereocenters.